The monoisotopic (exact) mass is 406 g/mol. The lowest BCUT2D eigenvalue weighted by Gasteiger charge is -2.35. The molecule has 0 aliphatic heterocycles. The Kier molecular flexibility index (Phi) is 7.04. The van der Waals surface area contributed by atoms with Gasteiger partial charge < -0.3 is 9.47 Å². The Bertz CT molecular complexity index is 806. The Morgan fingerprint density at radius 1 is 1.14 bits per heavy atom. The molecule has 3 rings (SSSR count). The molecule has 158 valence electrons. The quantitative estimate of drug-likeness (QED) is 0.552. The molecule has 1 amide bonds. The Morgan fingerprint density at radius 3 is 2.59 bits per heavy atom. The van der Waals surface area contributed by atoms with Crippen LogP contribution >= 0.6 is 0 Å². The third kappa shape index (κ3) is 5.64. The average molecular weight is 406 g/mol. The molecule has 6 heteroatoms. The summed E-state index contributed by atoms with van der Waals surface area (Å²) in [5.74, 6) is 0.172. The van der Waals surface area contributed by atoms with E-state index in [0.29, 0.717) is 25.1 Å². The van der Waals surface area contributed by atoms with Crippen LogP contribution in [0.5, 0.6) is 0 Å². The summed E-state index contributed by atoms with van der Waals surface area (Å²) < 4.78 is 41.0. The molecule has 2 aromatic rings. The van der Waals surface area contributed by atoms with Crippen molar-refractivity contribution in [2.75, 3.05) is 0 Å². The molecule has 1 aliphatic carbocycles. The van der Waals surface area contributed by atoms with Gasteiger partial charge in [-0.3, -0.25) is 4.79 Å². The second-order valence-corrected chi connectivity index (χ2v) is 7.89. The van der Waals surface area contributed by atoms with E-state index in [0.717, 1.165) is 43.9 Å². The molecule has 1 aromatic carbocycles. The van der Waals surface area contributed by atoms with Crippen molar-refractivity contribution in [1.82, 2.24) is 9.47 Å². The van der Waals surface area contributed by atoms with E-state index in [2.05, 4.69) is 0 Å². The number of hydrogen-bond acceptors (Lipinski definition) is 1. The van der Waals surface area contributed by atoms with Gasteiger partial charge in [0.1, 0.15) is 0 Å². The Morgan fingerprint density at radius 2 is 1.90 bits per heavy atom. The number of carbonyl (C=O) groups excluding carboxylic acids is 1. The van der Waals surface area contributed by atoms with Crippen molar-refractivity contribution < 1.29 is 18.0 Å². The summed E-state index contributed by atoms with van der Waals surface area (Å²) in [5.41, 5.74) is 0.921. The first-order valence-corrected chi connectivity index (χ1v) is 10.5. The average Bonchev–Trinajstić information content (AvgIpc) is 3.13. The van der Waals surface area contributed by atoms with Gasteiger partial charge in [0, 0.05) is 30.9 Å². The first-order chi connectivity index (χ1) is 13.9. The fourth-order valence-corrected chi connectivity index (χ4v) is 4.14. The van der Waals surface area contributed by atoms with E-state index in [1.165, 1.54) is 18.6 Å². The first-order valence-electron chi connectivity index (χ1n) is 10.5. The lowest BCUT2D eigenvalue weighted by Crippen LogP contribution is -2.41. The zero-order valence-corrected chi connectivity index (χ0v) is 16.9. The van der Waals surface area contributed by atoms with Crippen LogP contribution in [0.25, 0.3) is 0 Å². The topological polar surface area (TPSA) is 25.2 Å². The standard InChI is InChI=1S/C23H29F3N2O/c1-2-8-22(29)28(20-11-4-3-5-12-20)17-21-13-7-14-27(21)16-18-9-6-10-19(15-18)23(24,25)26/h6-7,9-10,13-15,20H,2-5,8,11-12,16-17H2,1H3. The summed E-state index contributed by atoms with van der Waals surface area (Å²) in [6, 6.07) is 9.56. The van der Waals surface area contributed by atoms with Gasteiger partial charge in [0.15, 0.2) is 0 Å². The molecule has 1 heterocycles. The zero-order chi connectivity index (χ0) is 20.9. The Labute approximate surface area is 170 Å². The molecule has 0 spiro atoms. The van der Waals surface area contributed by atoms with Crippen LogP contribution in [0.3, 0.4) is 0 Å². The smallest absolute Gasteiger partial charge is 0.345 e. The number of benzene rings is 1. The molecule has 0 saturated heterocycles. The summed E-state index contributed by atoms with van der Waals surface area (Å²) in [5, 5.41) is 0. The van der Waals surface area contributed by atoms with E-state index in [-0.39, 0.29) is 11.9 Å². The lowest BCUT2D eigenvalue weighted by atomic mass is 9.93. The van der Waals surface area contributed by atoms with Crippen molar-refractivity contribution in [3.63, 3.8) is 0 Å². The molecule has 0 radical (unpaired) electrons. The molecular weight excluding hydrogens is 377 g/mol. The van der Waals surface area contributed by atoms with Crippen molar-refractivity contribution in [2.45, 2.75) is 77.2 Å². The highest BCUT2D eigenvalue weighted by atomic mass is 19.4. The van der Waals surface area contributed by atoms with Crippen molar-refractivity contribution in [1.29, 1.82) is 0 Å². The SMILES string of the molecule is CCCC(=O)N(Cc1cccn1Cc1cccc(C(F)(F)F)c1)C1CCCCC1. The van der Waals surface area contributed by atoms with E-state index in [4.69, 9.17) is 0 Å². The molecular formula is C23H29F3N2O. The van der Waals surface area contributed by atoms with Gasteiger partial charge in [0.25, 0.3) is 0 Å². The number of amides is 1. The number of halogens is 3. The molecule has 1 saturated carbocycles. The van der Waals surface area contributed by atoms with Gasteiger partial charge in [0.2, 0.25) is 5.91 Å². The van der Waals surface area contributed by atoms with E-state index in [1.54, 1.807) is 6.07 Å². The number of hydrogen-bond donors (Lipinski definition) is 0. The third-order valence-electron chi connectivity index (χ3n) is 5.66. The van der Waals surface area contributed by atoms with Gasteiger partial charge in [0.05, 0.1) is 12.1 Å². The number of alkyl halides is 3. The van der Waals surface area contributed by atoms with Crippen LogP contribution in [0.4, 0.5) is 13.2 Å². The fraction of sp³-hybridized carbons (Fsp3) is 0.522. The molecule has 29 heavy (non-hydrogen) atoms. The summed E-state index contributed by atoms with van der Waals surface area (Å²) in [6.07, 6.45) is 4.44. The van der Waals surface area contributed by atoms with Gasteiger partial charge in [-0.15, -0.1) is 0 Å². The van der Waals surface area contributed by atoms with Crippen LogP contribution in [-0.4, -0.2) is 21.4 Å². The normalized spacial score (nSPS) is 15.4. The summed E-state index contributed by atoms with van der Waals surface area (Å²) in [6.45, 7) is 2.87. The largest absolute Gasteiger partial charge is 0.416 e. The first kappa shape index (κ1) is 21.5. The van der Waals surface area contributed by atoms with Crippen LogP contribution in [0.1, 0.15) is 68.7 Å². The van der Waals surface area contributed by atoms with E-state index < -0.39 is 11.7 Å². The van der Waals surface area contributed by atoms with Gasteiger partial charge in [-0.2, -0.15) is 13.2 Å². The zero-order valence-electron chi connectivity index (χ0n) is 16.9. The van der Waals surface area contributed by atoms with Crippen molar-refractivity contribution >= 4 is 5.91 Å². The van der Waals surface area contributed by atoms with Crippen LogP contribution in [-0.2, 0) is 24.1 Å². The van der Waals surface area contributed by atoms with Crippen LogP contribution in [0, 0.1) is 0 Å². The molecule has 1 aromatic heterocycles. The van der Waals surface area contributed by atoms with Gasteiger partial charge in [-0.05, 0) is 49.1 Å². The van der Waals surface area contributed by atoms with E-state index in [9.17, 15) is 18.0 Å². The molecule has 1 fully saturated rings. The molecule has 0 bridgehead atoms. The van der Waals surface area contributed by atoms with Crippen molar-refractivity contribution in [3.05, 3.63) is 59.4 Å². The predicted molar refractivity (Wildman–Crippen MR) is 107 cm³/mol. The summed E-state index contributed by atoms with van der Waals surface area (Å²) >= 11 is 0. The lowest BCUT2D eigenvalue weighted by molar-refractivity contribution is -0.137. The van der Waals surface area contributed by atoms with E-state index in [1.807, 2.05) is 34.7 Å². The van der Waals surface area contributed by atoms with Crippen LogP contribution in [0.15, 0.2) is 42.6 Å². The number of rotatable bonds is 7. The minimum Gasteiger partial charge on any atom is -0.345 e. The Balaban J connectivity index is 1.78. The van der Waals surface area contributed by atoms with Crippen molar-refractivity contribution in [3.8, 4) is 0 Å². The second kappa shape index (κ2) is 9.51. The highest BCUT2D eigenvalue weighted by Crippen LogP contribution is 2.30. The molecule has 3 nitrogen and oxygen atoms in total. The third-order valence-corrected chi connectivity index (χ3v) is 5.66. The van der Waals surface area contributed by atoms with Crippen molar-refractivity contribution in [2.24, 2.45) is 0 Å². The predicted octanol–water partition coefficient (Wildman–Crippen LogP) is 6.02. The van der Waals surface area contributed by atoms with Crippen LogP contribution < -0.4 is 0 Å². The molecule has 0 unspecified atom stereocenters. The number of nitrogens with zero attached hydrogens (tertiary/aromatic N) is 2. The number of carbonyl (C=O) groups is 1. The fourth-order valence-electron chi connectivity index (χ4n) is 4.14. The van der Waals surface area contributed by atoms with Crippen LogP contribution in [0.2, 0.25) is 0 Å². The maximum atomic E-state index is 13.0. The number of aromatic nitrogens is 1. The van der Waals surface area contributed by atoms with Gasteiger partial charge in [-0.1, -0.05) is 38.3 Å². The molecule has 0 atom stereocenters. The molecule has 1 aliphatic rings. The highest BCUT2D eigenvalue weighted by molar-refractivity contribution is 5.76. The Hall–Kier alpha value is -2.24. The van der Waals surface area contributed by atoms with Gasteiger partial charge in [-0.25, -0.2) is 0 Å². The maximum Gasteiger partial charge on any atom is 0.416 e. The highest BCUT2D eigenvalue weighted by Gasteiger charge is 2.30. The maximum absolute atomic E-state index is 13.0. The summed E-state index contributed by atoms with van der Waals surface area (Å²) in [7, 11) is 0. The molecule has 0 N–H and O–H groups in total. The minimum absolute atomic E-state index is 0.172. The summed E-state index contributed by atoms with van der Waals surface area (Å²) in [4.78, 5) is 14.8. The second-order valence-electron chi connectivity index (χ2n) is 7.89. The van der Waals surface area contributed by atoms with E-state index >= 15 is 0 Å². The van der Waals surface area contributed by atoms with Gasteiger partial charge >= 0.3 is 6.18 Å². The minimum atomic E-state index is -4.35.